The third-order valence-electron chi connectivity index (χ3n) is 2.13. The van der Waals surface area contributed by atoms with Crippen LogP contribution in [0.4, 0.5) is 0 Å². The fourth-order valence-corrected chi connectivity index (χ4v) is 11.8. The first-order valence-corrected chi connectivity index (χ1v) is 11.8. The minimum Gasteiger partial charge on any atom is -0.455 e. The predicted octanol–water partition coefficient (Wildman–Crippen LogP) is 2.17. The van der Waals surface area contributed by atoms with E-state index in [2.05, 4.69) is 26.2 Å². The molecule has 0 fully saturated rings. The molecule has 0 amide bonds. The van der Waals surface area contributed by atoms with Crippen LogP contribution in [0.25, 0.3) is 0 Å². The standard InChI is InChI=1S/C10H26O3Si2/c1-9(11)7-14(3,4)13-15(5,6)8-10(2)12/h9-12H,7-8H2,1-6H3. The molecular formula is C10H26O3Si2. The molecule has 0 aromatic rings. The lowest BCUT2D eigenvalue weighted by molar-refractivity contribution is 0.205. The van der Waals surface area contributed by atoms with Crippen molar-refractivity contribution in [1.29, 1.82) is 0 Å². The number of hydrogen-bond donors (Lipinski definition) is 2. The fraction of sp³-hybridized carbons (Fsp3) is 1.00. The average molecular weight is 250 g/mol. The van der Waals surface area contributed by atoms with Gasteiger partial charge in [0.1, 0.15) is 0 Å². The zero-order valence-corrected chi connectivity index (χ0v) is 12.9. The van der Waals surface area contributed by atoms with Crippen molar-refractivity contribution in [2.24, 2.45) is 0 Å². The average Bonchev–Trinajstić information content (AvgIpc) is 1.73. The maximum absolute atomic E-state index is 9.39. The molecule has 0 spiro atoms. The smallest absolute Gasteiger partial charge is 0.175 e. The molecule has 0 aliphatic heterocycles. The third-order valence-corrected chi connectivity index (χ3v) is 9.70. The summed E-state index contributed by atoms with van der Waals surface area (Å²) >= 11 is 0. The van der Waals surface area contributed by atoms with Gasteiger partial charge in [-0.3, -0.25) is 0 Å². The Morgan fingerprint density at radius 1 is 0.867 bits per heavy atom. The van der Waals surface area contributed by atoms with Crippen LogP contribution in [0.15, 0.2) is 0 Å². The number of aliphatic hydroxyl groups is 2. The molecule has 2 N–H and O–H groups in total. The van der Waals surface area contributed by atoms with E-state index in [1.165, 1.54) is 0 Å². The lowest BCUT2D eigenvalue weighted by Crippen LogP contribution is -2.46. The summed E-state index contributed by atoms with van der Waals surface area (Å²) in [6.07, 6.45) is -0.578. The Bertz CT molecular complexity index is 171. The van der Waals surface area contributed by atoms with E-state index in [0.29, 0.717) is 0 Å². The highest BCUT2D eigenvalue weighted by Crippen LogP contribution is 2.23. The SMILES string of the molecule is CC(O)C[Si](C)(C)O[Si](C)(C)CC(C)O. The molecular weight excluding hydrogens is 224 g/mol. The first kappa shape index (κ1) is 15.3. The van der Waals surface area contributed by atoms with Gasteiger partial charge in [-0.2, -0.15) is 0 Å². The van der Waals surface area contributed by atoms with Gasteiger partial charge in [-0.25, -0.2) is 0 Å². The molecule has 0 rings (SSSR count). The van der Waals surface area contributed by atoms with Crippen molar-refractivity contribution < 1.29 is 14.3 Å². The summed E-state index contributed by atoms with van der Waals surface area (Å²) in [5.41, 5.74) is 0. The number of aliphatic hydroxyl groups excluding tert-OH is 2. The minimum absolute atomic E-state index is 0.289. The van der Waals surface area contributed by atoms with Gasteiger partial charge in [0, 0.05) is 0 Å². The van der Waals surface area contributed by atoms with Gasteiger partial charge in [0.25, 0.3) is 0 Å². The van der Waals surface area contributed by atoms with E-state index in [4.69, 9.17) is 4.12 Å². The maximum Gasteiger partial charge on any atom is 0.175 e. The molecule has 0 aromatic carbocycles. The Kier molecular flexibility index (Phi) is 5.70. The molecule has 0 aromatic heterocycles. The van der Waals surface area contributed by atoms with Gasteiger partial charge in [-0.1, -0.05) is 0 Å². The van der Waals surface area contributed by atoms with Crippen LogP contribution >= 0.6 is 0 Å². The van der Waals surface area contributed by atoms with Crippen LogP contribution in [0.1, 0.15) is 13.8 Å². The van der Waals surface area contributed by atoms with E-state index in [1.54, 1.807) is 13.8 Å². The van der Waals surface area contributed by atoms with Crippen molar-refractivity contribution in [3.05, 3.63) is 0 Å². The zero-order valence-electron chi connectivity index (χ0n) is 10.9. The van der Waals surface area contributed by atoms with Gasteiger partial charge in [0.05, 0.1) is 12.2 Å². The third kappa shape index (κ3) is 8.16. The summed E-state index contributed by atoms with van der Waals surface area (Å²) in [6.45, 7) is 12.2. The Labute approximate surface area is 95.7 Å². The predicted molar refractivity (Wildman–Crippen MR) is 69.0 cm³/mol. The summed E-state index contributed by atoms with van der Waals surface area (Å²) < 4.78 is 6.20. The van der Waals surface area contributed by atoms with Crippen LogP contribution < -0.4 is 0 Å². The second-order valence-corrected chi connectivity index (χ2v) is 14.4. The van der Waals surface area contributed by atoms with E-state index in [0.717, 1.165) is 12.1 Å². The highest BCUT2D eigenvalue weighted by molar-refractivity contribution is 6.85. The van der Waals surface area contributed by atoms with Crippen molar-refractivity contribution in [3.8, 4) is 0 Å². The highest BCUT2D eigenvalue weighted by atomic mass is 28.4. The lowest BCUT2D eigenvalue weighted by atomic mass is 10.5. The molecule has 0 radical (unpaired) electrons. The molecule has 0 aliphatic carbocycles. The van der Waals surface area contributed by atoms with Crippen molar-refractivity contribution in [2.45, 2.75) is 64.3 Å². The molecule has 3 nitrogen and oxygen atoms in total. The summed E-state index contributed by atoms with van der Waals surface area (Å²) in [5, 5.41) is 18.8. The van der Waals surface area contributed by atoms with E-state index >= 15 is 0 Å². The van der Waals surface area contributed by atoms with Crippen LogP contribution in [0.2, 0.25) is 38.3 Å². The summed E-state index contributed by atoms with van der Waals surface area (Å²) in [4.78, 5) is 0. The summed E-state index contributed by atoms with van der Waals surface area (Å²) in [7, 11) is -3.54. The maximum atomic E-state index is 9.39. The normalized spacial score (nSPS) is 17.6. The molecule has 92 valence electrons. The van der Waals surface area contributed by atoms with Crippen LogP contribution in [-0.2, 0) is 4.12 Å². The summed E-state index contributed by atoms with van der Waals surface area (Å²) in [5.74, 6) is 0. The Balaban J connectivity index is 4.29. The molecule has 5 heteroatoms. The van der Waals surface area contributed by atoms with E-state index in [-0.39, 0.29) is 12.2 Å². The molecule has 0 heterocycles. The van der Waals surface area contributed by atoms with Gasteiger partial charge >= 0.3 is 0 Å². The molecule has 0 aliphatic rings. The van der Waals surface area contributed by atoms with E-state index in [9.17, 15) is 10.2 Å². The van der Waals surface area contributed by atoms with E-state index < -0.39 is 16.6 Å². The quantitative estimate of drug-likeness (QED) is 0.710. The molecule has 0 saturated heterocycles. The molecule has 0 saturated carbocycles. The molecule has 0 bridgehead atoms. The molecule has 15 heavy (non-hydrogen) atoms. The molecule has 2 unspecified atom stereocenters. The minimum atomic E-state index is -1.77. The van der Waals surface area contributed by atoms with Gasteiger partial charge < -0.3 is 14.3 Å². The first-order chi connectivity index (χ1) is 6.54. The Hall–Kier alpha value is 0.314. The largest absolute Gasteiger partial charge is 0.455 e. The van der Waals surface area contributed by atoms with Crippen molar-refractivity contribution in [2.75, 3.05) is 0 Å². The number of rotatable bonds is 6. The highest BCUT2D eigenvalue weighted by Gasteiger charge is 2.34. The van der Waals surface area contributed by atoms with Gasteiger partial charge in [-0.15, -0.1) is 0 Å². The monoisotopic (exact) mass is 250 g/mol. The second kappa shape index (κ2) is 5.59. The van der Waals surface area contributed by atoms with Gasteiger partial charge in [-0.05, 0) is 52.1 Å². The van der Waals surface area contributed by atoms with Crippen molar-refractivity contribution in [1.82, 2.24) is 0 Å². The topological polar surface area (TPSA) is 49.7 Å². The van der Waals surface area contributed by atoms with Crippen molar-refractivity contribution in [3.63, 3.8) is 0 Å². The van der Waals surface area contributed by atoms with Crippen molar-refractivity contribution >= 4 is 16.6 Å². The zero-order chi connectivity index (χ0) is 12.3. The van der Waals surface area contributed by atoms with Crippen LogP contribution in [0, 0.1) is 0 Å². The second-order valence-electron chi connectivity index (χ2n) is 5.73. The van der Waals surface area contributed by atoms with E-state index in [1.807, 2.05) is 0 Å². The van der Waals surface area contributed by atoms with Gasteiger partial charge in [0.15, 0.2) is 16.6 Å². The first-order valence-electron chi connectivity index (χ1n) is 5.60. The Morgan fingerprint density at radius 2 is 1.13 bits per heavy atom. The fourth-order valence-electron chi connectivity index (χ4n) is 2.25. The van der Waals surface area contributed by atoms with Crippen LogP contribution in [0.3, 0.4) is 0 Å². The summed E-state index contributed by atoms with van der Waals surface area (Å²) in [6, 6.07) is 1.53. The van der Waals surface area contributed by atoms with Crippen LogP contribution in [-0.4, -0.2) is 39.1 Å². The Morgan fingerprint density at radius 3 is 1.33 bits per heavy atom. The molecule has 2 atom stereocenters. The van der Waals surface area contributed by atoms with Gasteiger partial charge in [0.2, 0.25) is 0 Å². The van der Waals surface area contributed by atoms with Crippen LogP contribution in [0.5, 0.6) is 0 Å². The number of hydrogen-bond acceptors (Lipinski definition) is 3. The lowest BCUT2D eigenvalue weighted by Gasteiger charge is -2.35.